The largest absolute Gasteiger partial charge is 0.416 e. The van der Waals surface area contributed by atoms with Crippen LogP contribution < -0.4 is 9.62 Å². The molecule has 3 rings (SSSR count). The van der Waals surface area contributed by atoms with Gasteiger partial charge in [-0.2, -0.15) is 13.2 Å². The van der Waals surface area contributed by atoms with Crippen molar-refractivity contribution in [3.05, 3.63) is 93.5 Å². The van der Waals surface area contributed by atoms with Gasteiger partial charge < -0.3 is 10.2 Å². The van der Waals surface area contributed by atoms with Gasteiger partial charge in [-0.3, -0.25) is 13.9 Å². The summed E-state index contributed by atoms with van der Waals surface area (Å²) in [6, 6.07) is 13.1. The number of hydrogen-bond acceptors (Lipinski definition) is 4. The maximum Gasteiger partial charge on any atom is 0.416 e. The van der Waals surface area contributed by atoms with Crippen molar-refractivity contribution in [3.8, 4) is 0 Å². The Morgan fingerprint density at radius 1 is 0.955 bits per heavy atom. The predicted molar refractivity (Wildman–Crippen MR) is 166 cm³/mol. The highest BCUT2D eigenvalue weighted by molar-refractivity contribution is 7.92. The molecule has 0 bridgehead atoms. The van der Waals surface area contributed by atoms with Crippen LogP contribution in [0.5, 0.6) is 0 Å². The molecular weight excluding hydrogens is 638 g/mol. The third-order valence-electron chi connectivity index (χ3n) is 6.81. The van der Waals surface area contributed by atoms with E-state index in [1.807, 2.05) is 13.8 Å². The first-order valence-corrected chi connectivity index (χ1v) is 16.0. The average Bonchev–Trinajstić information content (AvgIpc) is 2.95. The summed E-state index contributed by atoms with van der Waals surface area (Å²) in [5, 5.41) is 3.23. The predicted octanol–water partition coefficient (Wildman–Crippen LogP) is 7.10. The van der Waals surface area contributed by atoms with E-state index in [4.69, 9.17) is 23.2 Å². The van der Waals surface area contributed by atoms with Crippen LogP contribution >= 0.6 is 23.2 Å². The minimum atomic E-state index is -4.77. The van der Waals surface area contributed by atoms with Gasteiger partial charge >= 0.3 is 6.18 Å². The van der Waals surface area contributed by atoms with E-state index in [0.29, 0.717) is 22.5 Å². The van der Waals surface area contributed by atoms with Crippen LogP contribution in [-0.2, 0) is 32.3 Å². The second-order valence-corrected chi connectivity index (χ2v) is 13.3. The number of sulfonamides is 1. The number of carbonyl (C=O) groups excluding carboxylic acids is 2. The second kappa shape index (κ2) is 14.7. The van der Waals surface area contributed by atoms with E-state index < -0.39 is 46.2 Å². The molecule has 0 spiro atoms. The molecular formula is C31H34Cl2F3N3O4S. The number of rotatable bonds is 12. The topological polar surface area (TPSA) is 86.8 Å². The van der Waals surface area contributed by atoms with Crippen LogP contribution in [0, 0.1) is 12.8 Å². The molecule has 3 aromatic rings. The zero-order valence-corrected chi connectivity index (χ0v) is 27.0. The molecule has 44 heavy (non-hydrogen) atoms. The van der Waals surface area contributed by atoms with E-state index >= 15 is 0 Å². The lowest BCUT2D eigenvalue weighted by atomic mass is 10.1. The van der Waals surface area contributed by atoms with Gasteiger partial charge in [0, 0.05) is 28.7 Å². The van der Waals surface area contributed by atoms with Gasteiger partial charge in [0.25, 0.3) is 10.0 Å². The SMILES string of the molecule is CCC(C(=O)NCC(C)C)N(Cc1c(Cl)cccc1Cl)C(=O)CN(c1cccc(C(F)(F)F)c1)S(=O)(=O)c1ccc(C)cc1. The van der Waals surface area contributed by atoms with Crippen molar-refractivity contribution in [1.82, 2.24) is 10.2 Å². The number of anilines is 1. The Balaban J connectivity index is 2.15. The Kier molecular flexibility index (Phi) is 11.7. The van der Waals surface area contributed by atoms with Crippen LogP contribution in [0.4, 0.5) is 18.9 Å². The molecule has 13 heteroatoms. The van der Waals surface area contributed by atoms with Crippen LogP contribution in [-0.4, -0.2) is 44.3 Å². The van der Waals surface area contributed by atoms with Crippen LogP contribution in [0.1, 0.15) is 43.9 Å². The molecule has 0 aromatic heterocycles. The summed E-state index contributed by atoms with van der Waals surface area (Å²) in [5.41, 5.74) is -0.384. The molecule has 1 unspecified atom stereocenters. The van der Waals surface area contributed by atoms with E-state index in [1.54, 1.807) is 32.0 Å². The van der Waals surface area contributed by atoms with Crippen LogP contribution in [0.3, 0.4) is 0 Å². The van der Waals surface area contributed by atoms with Gasteiger partial charge in [0.15, 0.2) is 0 Å². The van der Waals surface area contributed by atoms with E-state index in [9.17, 15) is 31.2 Å². The van der Waals surface area contributed by atoms with Crippen LogP contribution in [0.25, 0.3) is 0 Å². The summed E-state index contributed by atoms with van der Waals surface area (Å²) in [4.78, 5) is 28.4. The van der Waals surface area contributed by atoms with Crippen molar-refractivity contribution < 1.29 is 31.2 Å². The first-order chi connectivity index (χ1) is 20.6. The molecule has 0 radical (unpaired) electrons. The monoisotopic (exact) mass is 671 g/mol. The highest BCUT2D eigenvalue weighted by Crippen LogP contribution is 2.34. The highest BCUT2D eigenvalue weighted by Gasteiger charge is 2.36. The van der Waals surface area contributed by atoms with Crippen LogP contribution in [0.15, 0.2) is 71.6 Å². The molecule has 0 heterocycles. The molecule has 0 saturated heterocycles. The number of amides is 2. The van der Waals surface area contributed by atoms with Crippen molar-refractivity contribution in [2.24, 2.45) is 5.92 Å². The molecule has 0 aliphatic carbocycles. The summed E-state index contributed by atoms with van der Waals surface area (Å²) >= 11 is 12.8. The fraction of sp³-hybridized carbons (Fsp3) is 0.355. The van der Waals surface area contributed by atoms with E-state index in [0.717, 1.165) is 22.6 Å². The number of hydrogen-bond donors (Lipinski definition) is 1. The molecule has 7 nitrogen and oxygen atoms in total. The van der Waals surface area contributed by atoms with Crippen molar-refractivity contribution in [2.75, 3.05) is 17.4 Å². The lowest BCUT2D eigenvalue weighted by Crippen LogP contribution is -2.52. The number of benzene rings is 3. The number of nitrogens with one attached hydrogen (secondary N) is 1. The third kappa shape index (κ3) is 8.67. The summed E-state index contributed by atoms with van der Waals surface area (Å²) < 4.78 is 69.5. The zero-order valence-electron chi connectivity index (χ0n) is 24.7. The van der Waals surface area contributed by atoms with Crippen LogP contribution in [0.2, 0.25) is 10.0 Å². The lowest BCUT2D eigenvalue weighted by molar-refractivity contribution is -0.140. The van der Waals surface area contributed by atoms with Gasteiger partial charge in [-0.25, -0.2) is 8.42 Å². The van der Waals surface area contributed by atoms with Crippen molar-refractivity contribution >= 4 is 50.7 Å². The number of halogens is 5. The molecule has 1 N–H and O–H groups in total. The lowest BCUT2D eigenvalue weighted by Gasteiger charge is -2.33. The van der Waals surface area contributed by atoms with Gasteiger partial charge in [0.2, 0.25) is 11.8 Å². The van der Waals surface area contributed by atoms with Gasteiger partial charge in [-0.05, 0) is 61.7 Å². The molecule has 0 fully saturated rings. The van der Waals surface area contributed by atoms with E-state index in [-0.39, 0.29) is 39.5 Å². The molecule has 238 valence electrons. The Bertz CT molecular complexity index is 1560. The van der Waals surface area contributed by atoms with Crippen molar-refractivity contribution in [1.29, 1.82) is 0 Å². The fourth-order valence-electron chi connectivity index (χ4n) is 4.40. The average molecular weight is 673 g/mol. The first kappa shape index (κ1) is 35.2. The molecule has 3 aromatic carbocycles. The van der Waals surface area contributed by atoms with Crippen molar-refractivity contribution in [2.45, 2.75) is 57.8 Å². The standard InChI is InChI=1S/C31H34Cl2F3N3O4S/c1-5-28(30(41)37-17-20(2)3)38(18-25-26(32)10-7-11-27(25)33)29(40)19-39(23-9-6-8-22(16-23)31(34,35)36)44(42,43)24-14-12-21(4)13-15-24/h6-16,20,28H,5,17-19H2,1-4H3,(H,37,41). The van der Waals surface area contributed by atoms with Gasteiger partial charge in [0.1, 0.15) is 12.6 Å². The Morgan fingerprint density at radius 3 is 2.09 bits per heavy atom. The number of nitrogens with zero attached hydrogens (tertiary/aromatic N) is 2. The summed E-state index contributed by atoms with van der Waals surface area (Å²) in [6.07, 6.45) is -4.63. The highest BCUT2D eigenvalue weighted by atomic mass is 35.5. The molecule has 0 aliphatic heterocycles. The van der Waals surface area contributed by atoms with Gasteiger partial charge in [-0.1, -0.05) is 73.8 Å². The Labute approximate surface area is 266 Å². The first-order valence-electron chi connectivity index (χ1n) is 13.8. The maximum absolute atomic E-state index is 14.1. The fourth-order valence-corrected chi connectivity index (χ4v) is 6.32. The zero-order chi connectivity index (χ0) is 32.8. The minimum absolute atomic E-state index is 0.106. The summed E-state index contributed by atoms with van der Waals surface area (Å²) in [7, 11) is -4.56. The molecule has 0 saturated carbocycles. The number of alkyl halides is 3. The van der Waals surface area contributed by atoms with E-state index in [1.165, 1.54) is 30.3 Å². The second-order valence-electron chi connectivity index (χ2n) is 10.7. The number of aryl methyl sites for hydroxylation is 1. The quantitative estimate of drug-likeness (QED) is 0.223. The molecule has 1 atom stereocenters. The Hall–Kier alpha value is -3.28. The summed E-state index contributed by atoms with van der Waals surface area (Å²) in [6.45, 7) is 6.38. The van der Waals surface area contributed by atoms with E-state index in [2.05, 4.69) is 5.32 Å². The van der Waals surface area contributed by atoms with Crippen molar-refractivity contribution in [3.63, 3.8) is 0 Å². The maximum atomic E-state index is 14.1. The summed E-state index contributed by atoms with van der Waals surface area (Å²) in [5.74, 6) is -1.22. The minimum Gasteiger partial charge on any atom is -0.354 e. The third-order valence-corrected chi connectivity index (χ3v) is 9.31. The number of carbonyl (C=O) groups is 2. The smallest absolute Gasteiger partial charge is 0.354 e. The normalized spacial score (nSPS) is 12.6. The van der Waals surface area contributed by atoms with Gasteiger partial charge in [-0.15, -0.1) is 0 Å². The molecule has 2 amide bonds. The van der Waals surface area contributed by atoms with Gasteiger partial charge in [0.05, 0.1) is 16.1 Å². The Morgan fingerprint density at radius 2 is 1.55 bits per heavy atom. The molecule has 0 aliphatic rings.